The number of H-pyrrole nitrogens is 1. The summed E-state index contributed by atoms with van der Waals surface area (Å²) in [6, 6.07) is 23.4. The highest BCUT2D eigenvalue weighted by Crippen LogP contribution is 2.29. The lowest BCUT2D eigenvalue weighted by Crippen LogP contribution is -2.99. The third-order valence-electron chi connectivity index (χ3n) is 22.9. The van der Waals surface area contributed by atoms with Gasteiger partial charge in [-0.05, 0) is 34.1 Å². The standard InChI is InChI=1S/2C11H7N3O2S.C7H6N2.C5H4BrNO2S.2CH4.B76/c15-10(16)8-6-17-11(13-8)14-9-4-2-1-3-7(9)5-12-14;15-10(16)9-6-17-11(12-9)14-5-7-3-1-2-4-8(7)13-14;1-2-4-7-6(3-1)5-8-9-7;1-9-4(8)3-2-10-5(6)7-3;;;1-40(2)59(39)69(60(41(3)4)42(5)6)74(70(61(43(7)8)44(9)10)62(45(11)12)46(13)14)76(73(67(55(31)32)56(33)34)68(57(35)36)58(37)38)75(71(63(47(15)16)48(17)18)64(49(19)20)50(21)22)72(65(51(23)24)52(25)26)66(53(27)28)54(29)30/h2*1-6H,(H,15,16);1-5H,(H,8,9);2H,1H3;2*1H4;. The van der Waals surface area contributed by atoms with Crippen molar-refractivity contribution in [1.82, 2.24) is 44.7 Å². The number of nitrogens with zero attached hydrogens (tertiary/aromatic N) is 8. The molecule has 9 aromatic rings. The Balaban J connectivity index is 0.000000619. The molecule has 6 aromatic heterocycles. The van der Waals surface area contributed by atoms with Crippen LogP contribution >= 0.6 is 49.9 Å². The van der Waals surface area contributed by atoms with Crippen LogP contribution in [-0.2, 0) is 4.74 Å². The van der Waals surface area contributed by atoms with Crippen molar-refractivity contribution in [2.45, 2.75) is 14.9 Å². The van der Waals surface area contributed by atoms with Crippen LogP contribution in [0.15, 0.2) is 111 Å². The number of hydrogen-bond acceptors (Lipinski definition) is 13. The predicted octanol–water partition coefficient (Wildman–Crippen LogP) is -20.1. The number of nitrogens with one attached hydrogen (secondary N) is 1. The Morgan fingerprint density at radius 2 is 0.649 bits per heavy atom. The summed E-state index contributed by atoms with van der Waals surface area (Å²) in [5, 5.41) is 41.8. The molecule has 0 aliphatic rings. The van der Waals surface area contributed by atoms with Gasteiger partial charge in [0.1, 0.15) is 0 Å². The lowest BCUT2D eigenvalue weighted by molar-refractivity contribution is 0.0593. The maximum Gasteiger partial charge on any atom is 0.357 e. The van der Waals surface area contributed by atoms with Crippen molar-refractivity contribution in [1.29, 1.82) is 0 Å². The molecule has 0 fully saturated rings. The first-order valence-electron chi connectivity index (χ1n) is 40.0. The predicted molar refractivity (Wildman–Crippen MR) is 655 cm³/mol. The molecule has 0 aliphatic carbocycles. The van der Waals surface area contributed by atoms with Crippen LogP contribution in [0.25, 0.3) is 43.0 Å². The van der Waals surface area contributed by atoms with Crippen molar-refractivity contribution in [2.75, 3.05) is 7.11 Å². The Bertz CT molecular complexity index is 4550. The molecule has 0 saturated carbocycles. The molecule has 0 unspecified atom stereocenters. The van der Waals surface area contributed by atoms with Gasteiger partial charge in [-0.3, -0.25) is 5.10 Å². The fourth-order valence-corrected chi connectivity index (χ4v) is 20.3. The van der Waals surface area contributed by atoms with Gasteiger partial charge in [0.2, 0.25) is 10.3 Å². The molecule has 131 heavy (non-hydrogen) atoms. The summed E-state index contributed by atoms with van der Waals surface area (Å²) in [6.45, 7) is 0. The van der Waals surface area contributed by atoms with Gasteiger partial charge >= 0.3 is 17.9 Å². The van der Waals surface area contributed by atoms with E-state index in [2.05, 4.69) is 56.0 Å². The summed E-state index contributed by atoms with van der Waals surface area (Å²) in [5.41, 5.74) is 3.31. The zero-order chi connectivity index (χ0) is 97.7. The molecule has 6 heterocycles. The Hall–Kier alpha value is -1.21. The lowest BCUT2D eigenvalue weighted by Gasteiger charge is -2.61. The molecule has 15 nitrogen and oxygen atoms in total. The molecule has 0 saturated heterocycles. The van der Waals surface area contributed by atoms with Crippen LogP contribution < -0.4 is 0 Å². The van der Waals surface area contributed by atoms with Gasteiger partial charge in [0.05, 0.1) is 36.1 Å². The van der Waals surface area contributed by atoms with Gasteiger partial charge in [-0.15, -0.1) is 34.0 Å². The number of halogens is 1. The fraction of sp³-hybridized carbons (Fsp3) is 0.0833. The number of carbonyl (C=O) groups is 3. The van der Waals surface area contributed by atoms with Crippen LogP contribution in [0.4, 0.5) is 0 Å². The van der Waals surface area contributed by atoms with Crippen molar-refractivity contribution in [2.24, 2.45) is 0 Å². The van der Waals surface area contributed by atoms with Gasteiger partial charge in [0.15, 0.2) is 21.0 Å². The minimum absolute atomic E-state index is 0. The summed E-state index contributed by atoms with van der Waals surface area (Å²) in [5.74, 6) is -2.45. The average Bonchev–Trinajstić information content (AvgIpc) is 1.38. The minimum atomic E-state index is -1.85. The highest BCUT2D eigenvalue weighted by molar-refractivity contribution is 9.11. The van der Waals surface area contributed by atoms with Crippen molar-refractivity contribution in [3.05, 3.63) is 129 Å². The molecule has 95 heteroatoms. The number of hydrogen-bond donors (Lipinski definition) is 3. The van der Waals surface area contributed by atoms with Crippen LogP contribution in [0.5, 0.6) is 0 Å². The first kappa shape index (κ1) is 124. The van der Waals surface area contributed by atoms with E-state index < -0.39 is 254 Å². The smallest absolute Gasteiger partial charge is 0.357 e. The lowest BCUT2D eigenvalue weighted by atomic mass is 8.20. The second-order valence-electron chi connectivity index (χ2n) is 31.7. The average molecular weight is 1680 g/mol. The first-order valence-corrected chi connectivity index (χ1v) is 43.5. The number of aromatic carboxylic acids is 2. The van der Waals surface area contributed by atoms with Gasteiger partial charge in [-0.1, -0.05) is 69.5 Å². The van der Waals surface area contributed by atoms with Crippen LogP contribution in [0.3, 0.4) is 0 Å². The number of para-hydroxylation sites is 2. The zero-order valence-electron chi connectivity index (χ0n) is 71.0. The summed E-state index contributed by atoms with van der Waals surface area (Å²) in [4.78, 5) is 44.1. The molecular weight excluding hydrogens is 1650 g/mol. The van der Waals surface area contributed by atoms with E-state index in [1.165, 1.54) is 51.9 Å². The molecule has 0 atom stereocenters. The second kappa shape index (κ2) is 58.4. The van der Waals surface area contributed by atoms with E-state index in [9.17, 15) is 14.4 Å². The fourth-order valence-electron chi connectivity index (χ4n) is 17.8. The number of carboxylic acid groups (broad SMARTS) is 2. The molecule has 510 valence electrons. The molecule has 0 spiro atoms. The number of methoxy groups -OCH3 is 1. The largest absolute Gasteiger partial charge is 0.476 e. The van der Waals surface area contributed by atoms with Crippen LogP contribution in [0.1, 0.15) is 46.3 Å². The minimum Gasteiger partial charge on any atom is -0.476 e. The number of aromatic amines is 1. The maximum atomic E-state index is 10.8. The number of carboxylic acids is 2. The number of esters is 1. The van der Waals surface area contributed by atoms with Gasteiger partial charge in [0, 0.05) is 576 Å². The maximum absolute atomic E-state index is 10.8. The molecule has 3 aromatic carbocycles. The second-order valence-corrected chi connectivity index (χ2v) is 35.5. The first-order chi connectivity index (χ1) is 60.2. The van der Waals surface area contributed by atoms with E-state index in [-0.39, 0.29) is 26.2 Å². The topological polar surface area (TPSA) is 204 Å². The number of rotatable bonds is 41. The van der Waals surface area contributed by atoms with Crippen LogP contribution in [0.2, 0.25) is 0 Å². The quantitative estimate of drug-likeness (QED) is 0.0242. The molecule has 0 aliphatic heterocycles. The van der Waals surface area contributed by atoms with Crippen molar-refractivity contribution >= 4 is 639 Å². The van der Waals surface area contributed by atoms with Crippen LogP contribution in [0, 0.1) is 0 Å². The number of thiazole rings is 3. The third kappa shape index (κ3) is 33.7. The summed E-state index contributed by atoms with van der Waals surface area (Å²) < 4.78 is 8.37. The molecular formula is C36H32B76BrN9O6S3. The van der Waals surface area contributed by atoms with E-state index in [1.807, 2.05) is 85.2 Å². The number of aromatic nitrogens is 9. The van der Waals surface area contributed by atoms with Crippen LogP contribution in [-0.4, -0.2) is 618 Å². The Kier molecular flexibility index (Phi) is 55.2. The van der Waals surface area contributed by atoms with Gasteiger partial charge in [-0.2, -0.15) is 15.3 Å². The Morgan fingerprint density at radius 3 is 0.962 bits per heavy atom. The number of carbonyl (C=O) groups excluding carboxylic acids is 1. The Labute approximate surface area is 864 Å². The van der Waals surface area contributed by atoms with E-state index in [0.717, 1.165) is 32.7 Å². The Morgan fingerprint density at radius 1 is 0.351 bits per heavy atom. The molecule has 9 rings (SSSR count). The summed E-state index contributed by atoms with van der Waals surface area (Å²) in [7, 11) is 267. The number of ether oxygens (including phenoxy) is 1. The van der Waals surface area contributed by atoms with Crippen molar-refractivity contribution in [3.63, 3.8) is 0 Å². The van der Waals surface area contributed by atoms with Crippen molar-refractivity contribution in [3.8, 4) is 10.3 Å². The molecule has 0 bridgehead atoms. The molecule has 0 amide bonds. The van der Waals surface area contributed by atoms with Crippen molar-refractivity contribution < 1.29 is 29.3 Å². The summed E-state index contributed by atoms with van der Waals surface area (Å²) in [6.07, 6.45) is -55.1. The molecule has 78 radical (unpaired) electrons. The SMILES string of the molecule is C.C.COC(=O)c1csc(Br)n1.O=C(O)c1csc(-n2cc3ccccc3n2)n1.O=C(O)c1csc(-n2ncc3ccccc32)n1.[B]B([B])B([B])B(B(B([B])[B])B([B])[B])B(B(B(B([B])[B])B([B])[B])B(B([B])[B])B([B])[B])B(B(B(B([B])[B])B([B])[B])B(B([B])[B])B([B])[B])B(B(B(B([B])[B])B([B])[B])B(B([B])[B])B([B])[B])B(B(B([B])[B])B([B])[B])B(B([B])[B])B([B])[B].c1ccc2[nH]ncc2c1. The van der Waals surface area contributed by atoms with E-state index in [1.54, 1.807) is 20.9 Å². The van der Waals surface area contributed by atoms with E-state index >= 15 is 0 Å². The summed E-state index contributed by atoms with van der Waals surface area (Å²) >= 11 is 7.00. The highest BCUT2D eigenvalue weighted by atomic mass is 79.9. The monoisotopic (exact) mass is 1700 g/mol. The van der Waals surface area contributed by atoms with Gasteiger partial charge in [-0.25, -0.2) is 38.7 Å². The highest BCUT2D eigenvalue weighted by Gasteiger charge is 2.65. The number of benzene rings is 3. The van der Waals surface area contributed by atoms with E-state index in [4.69, 9.17) is 312 Å². The van der Waals surface area contributed by atoms with Gasteiger partial charge < -0.3 is 14.9 Å². The third-order valence-corrected chi connectivity index (χ3v) is 25.9. The van der Waals surface area contributed by atoms with Gasteiger partial charge in [0.25, 0.3) is 0 Å². The molecule has 3 N–H and O–H groups in total. The zero-order valence-corrected chi connectivity index (χ0v) is 75.0. The van der Waals surface area contributed by atoms with E-state index in [0.29, 0.717) is 19.9 Å². The number of fused-ring (bicyclic) bond motifs is 3. The normalized spacial score (nSPS) is 9.91.